The highest BCUT2D eigenvalue weighted by Gasteiger charge is 2.38. The predicted molar refractivity (Wildman–Crippen MR) is 73.0 cm³/mol. The monoisotopic (exact) mass is 329 g/mol. The fourth-order valence-electron chi connectivity index (χ4n) is 1.60. The van der Waals surface area contributed by atoms with Gasteiger partial charge in [0.1, 0.15) is 0 Å². The molecule has 0 atom stereocenters. The van der Waals surface area contributed by atoms with E-state index >= 15 is 0 Å². The lowest BCUT2D eigenvalue weighted by Crippen LogP contribution is -2.28. The minimum atomic E-state index is -4.67. The molecule has 4 nitrogen and oxygen atoms in total. The van der Waals surface area contributed by atoms with E-state index in [0.29, 0.717) is 4.31 Å². The van der Waals surface area contributed by atoms with E-state index in [2.05, 4.69) is 0 Å². The first-order chi connectivity index (χ1) is 9.09. The third-order valence-corrected chi connectivity index (χ3v) is 4.13. The van der Waals surface area contributed by atoms with Crippen molar-refractivity contribution in [3.8, 4) is 0 Å². The first-order valence-corrected chi connectivity index (χ1v) is 8.37. The van der Waals surface area contributed by atoms with Crippen molar-refractivity contribution in [2.24, 2.45) is 0 Å². The lowest BCUT2D eigenvalue weighted by molar-refractivity contribution is -0.138. The third-order valence-electron chi connectivity index (χ3n) is 2.58. The van der Waals surface area contributed by atoms with Crippen LogP contribution in [0.1, 0.15) is 11.1 Å². The summed E-state index contributed by atoms with van der Waals surface area (Å²) in [7, 11) is -2.71. The Morgan fingerprint density at radius 1 is 1.35 bits per heavy atom. The molecule has 0 aromatic heterocycles. The van der Waals surface area contributed by atoms with Gasteiger partial charge in [0.2, 0.25) is 10.0 Å². The van der Waals surface area contributed by atoms with Crippen LogP contribution in [0, 0.1) is 0 Å². The Morgan fingerprint density at radius 3 is 2.40 bits per heavy atom. The van der Waals surface area contributed by atoms with Gasteiger partial charge in [-0.3, -0.25) is 4.31 Å². The first kappa shape index (κ1) is 17.1. The molecule has 20 heavy (non-hydrogen) atoms. The fraction of sp³-hybridized carbons (Fsp3) is 0.455. The second-order valence-corrected chi connectivity index (χ2v) is 6.55. The molecule has 0 aliphatic rings. The molecule has 0 heterocycles. The quantitative estimate of drug-likeness (QED) is 0.779. The van der Waals surface area contributed by atoms with Crippen LogP contribution in [0.2, 0.25) is 0 Å². The van der Waals surface area contributed by atoms with Gasteiger partial charge in [-0.1, -0.05) is 12.1 Å². The van der Waals surface area contributed by atoms with E-state index in [1.165, 1.54) is 12.1 Å². The lowest BCUT2D eigenvalue weighted by Gasteiger charge is -2.23. The predicted octanol–water partition coefficient (Wildman–Crippen LogP) is 2.90. The van der Waals surface area contributed by atoms with Crippen LogP contribution in [0.3, 0.4) is 0 Å². The maximum absolute atomic E-state index is 13.2. The summed E-state index contributed by atoms with van der Waals surface area (Å²) in [5.41, 5.74) is -1.52. The summed E-state index contributed by atoms with van der Waals surface area (Å²) in [5, 5.41) is 0. The standard InChI is InChI=1S/C11H14F3NO3S2/c1-15(20(3,16)17)9-6-4-5-8(7-18-19-2)10(9)11(12,13)14/h4-6H,7H2,1-3H3. The van der Waals surface area contributed by atoms with Gasteiger partial charge in [-0.15, -0.1) is 0 Å². The molecule has 0 saturated carbocycles. The van der Waals surface area contributed by atoms with Crippen molar-refractivity contribution < 1.29 is 25.8 Å². The largest absolute Gasteiger partial charge is 0.418 e. The molecule has 0 spiro atoms. The van der Waals surface area contributed by atoms with E-state index in [4.69, 9.17) is 4.18 Å². The van der Waals surface area contributed by atoms with Gasteiger partial charge in [0.05, 0.1) is 24.1 Å². The van der Waals surface area contributed by atoms with Gasteiger partial charge >= 0.3 is 6.18 Å². The molecular formula is C11H14F3NO3S2. The number of hydrogen-bond donors (Lipinski definition) is 0. The number of sulfonamides is 1. The SMILES string of the molecule is CSOCc1cccc(N(C)S(C)(=O)=O)c1C(F)(F)F. The highest BCUT2D eigenvalue weighted by atomic mass is 32.2. The second-order valence-electron chi connectivity index (χ2n) is 3.97. The molecule has 0 N–H and O–H groups in total. The molecular weight excluding hydrogens is 315 g/mol. The Bertz CT molecular complexity index is 573. The Balaban J connectivity index is 3.45. The summed E-state index contributed by atoms with van der Waals surface area (Å²) in [4.78, 5) is 0. The van der Waals surface area contributed by atoms with Gasteiger partial charge in [-0.05, 0) is 23.7 Å². The summed E-state index contributed by atoms with van der Waals surface area (Å²) in [6.07, 6.45) is -2.25. The zero-order chi connectivity index (χ0) is 15.6. The first-order valence-electron chi connectivity index (χ1n) is 5.37. The summed E-state index contributed by atoms with van der Waals surface area (Å²) in [6, 6.07) is 3.75. The molecule has 1 aromatic carbocycles. The highest BCUT2D eigenvalue weighted by molar-refractivity contribution is 7.93. The Labute approximate surface area is 120 Å². The van der Waals surface area contributed by atoms with Crippen molar-refractivity contribution in [1.29, 1.82) is 0 Å². The smallest absolute Gasteiger partial charge is 0.311 e. The van der Waals surface area contributed by atoms with Gasteiger partial charge in [0.25, 0.3) is 0 Å². The molecule has 0 aliphatic carbocycles. The number of nitrogens with zero attached hydrogens (tertiary/aromatic N) is 1. The van der Waals surface area contributed by atoms with Gasteiger partial charge < -0.3 is 4.18 Å². The number of rotatable bonds is 5. The van der Waals surface area contributed by atoms with Crippen LogP contribution in [-0.2, 0) is 27.0 Å². The number of hydrogen-bond acceptors (Lipinski definition) is 4. The molecule has 0 unspecified atom stereocenters. The van der Waals surface area contributed by atoms with Crippen LogP contribution in [0.15, 0.2) is 18.2 Å². The molecule has 1 rings (SSSR count). The van der Waals surface area contributed by atoms with E-state index in [1.807, 2.05) is 0 Å². The normalized spacial score (nSPS) is 12.5. The summed E-state index contributed by atoms with van der Waals surface area (Å²) in [6.45, 7) is -0.262. The Morgan fingerprint density at radius 2 is 1.95 bits per heavy atom. The minimum absolute atomic E-state index is 0.111. The molecule has 0 saturated heterocycles. The summed E-state index contributed by atoms with van der Waals surface area (Å²) < 4.78 is 68.1. The summed E-state index contributed by atoms with van der Waals surface area (Å²) in [5.74, 6) is 0. The van der Waals surface area contributed by atoms with Crippen LogP contribution in [0.25, 0.3) is 0 Å². The van der Waals surface area contributed by atoms with Crippen molar-refractivity contribution in [2.75, 3.05) is 23.9 Å². The highest BCUT2D eigenvalue weighted by Crippen LogP contribution is 2.39. The van der Waals surface area contributed by atoms with Crippen molar-refractivity contribution in [1.82, 2.24) is 0 Å². The second kappa shape index (κ2) is 6.23. The van der Waals surface area contributed by atoms with Gasteiger partial charge in [-0.2, -0.15) is 13.2 Å². The van der Waals surface area contributed by atoms with E-state index in [9.17, 15) is 21.6 Å². The Kier molecular flexibility index (Phi) is 5.33. The van der Waals surface area contributed by atoms with Crippen molar-refractivity contribution >= 4 is 27.8 Å². The minimum Gasteiger partial charge on any atom is -0.311 e. The van der Waals surface area contributed by atoms with E-state index in [1.54, 1.807) is 6.26 Å². The van der Waals surface area contributed by atoms with Crippen LogP contribution in [0.5, 0.6) is 0 Å². The van der Waals surface area contributed by atoms with Crippen molar-refractivity contribution in [2.45, 2.75) is 12.8 Å². The van der Waals surface area contributed by atoms with Gasteiger partial charge in [-0.25, -0.2) is 8.42 Å². The average Bonchev–Trinajstić information content (AvgIpc) is 2.32. The van der Waals surface area contributed by atoms with Crippen LogP contribution in [-0.4, -0.2) is 28.0 Å². The number of anilines is 1. The van der Waals surface area contributed by atoms with Crippen LogP contribution < -0.4 is 4.31 Å². The molecule has 0 amide bonds. The van der Waals surface area contributed by atoms with Crippen molar-refractivity contribution in [3.05, 3.63) is 29.3 Å². The Hall–Kier alpha value is -0.930. The molecule has 0 bridgehead atoms. The fourth-order valence-corrected chi connectivity index (χ4v) is 2.35. The number of benzene rings is 1. The van der Waals surface area contributed by atoms with Gasteiger partial charge in [0, 0.05) is 13.3 Å². The van der Waals surface area contributed by atoms with E-state index < -0.39 is 27.5 Å². The van der Waals surface area contributed by atoms with Crippen LogP contribution >= 0.6 is 12.0 Å². The lowest BCUT2D eigenvalue weighted by atomic mass is 10.1. The van der Waals surface area contributed by atoms with Gasteiger partial charge in [0.15, 0.2) is 0 Å². The molecule has 9 heteroatoms. The zero-order valence-corrected chi connectivity index (χ0v) is 12.7. The molecule has 1 aromatic rings. The average molecular weight is 329 g/mol. The topological polar surface area (TPSA) is 46.6 Å². The summed E-state index contributed by atoms with van der Waals surface area (Å²) >= 11 is 0.936. The zero-order valence-electron chi connectivity index (χ0n) is 11.1. The molecule has 0 radical (unpaired) electrons. The molecule has 114 valence electrons. The van der Waals surface area contributed by atoms with Crippen molar-refractivity contribution in [3.63, 3.8) is 0 Å². The molecule has 0 aliphatic heterocycles. The van der Waals surface area contributed by atoms with E-state index in [0.717, 1.165) is 31.4 Å². The maximum Gasteiger partial charge on any atom is 0.418 e. The number of alkyl halides is 3. The van der Waals surface area contributed by atoms with Crippen LogP contribution in [0.4, 0.5) is 18.9 Å². The maximum atomic E-state index is 13.2. The third kappa shape index (κ3) is 4.03. The number of halogens is 3. The van der Waals surface area contributed by atoms with E-state index in [-0.39, 0.29) is 12.2 Å². The molecule has 0 fully saturated rings.